The summed E-state index contributed by atoms with van der Waals surface area (Å²) in [5, 5.41) is 0. The van der Waals surface area contributed by atoms with E-state index in [-0.39, 0.29) is 0 Å². The third-order valence-electron chi connectivity index (χ3n) is 2.54. The van der Waals surface area contributed by atoms with Gasteiger partial charge in [0.25, 0.3) is 0 Å². The zero-order valence-corrected chi connectivity index (χ0v) is 9.63. The molecular weight excluding hydrogens is 232 g/mol. The molecule has 0 bridgehead atoms. The Balaban J connectivity index is 1.92. The fourth-order valence-electron chi connectivity index (χ4n) is 1.71. The highest BCUT2D eigenvalue weighted by Crippen LogP contribution is 2.39. The molecule has 2 heterocycles. The van der Waals surface area contributed by atoms with E-state index >= 15 is 0 Å². The fraction of sp³-hybridized carbons (Fsp3) is 0.154. The Hall–Kier alpha value is -2.43. The molecule has 0 saturated carbocycles. The molecule has 0 radical (unpaired) electrons. The minimum absolute atomic E-state index is 0.503. The zero-order chi connectivity index (χ0) is 12.4. The molecule has 0 atom stereocenters. The molecule has 0 aliphatic carbocycles. The maximum Gasteiger partial charge on any atom is 0.165 e. The molecular formula is C13H12N2O3. The monoisotopic (exact) mass is 244 g/mol. The average Bonchev–Trinajstić information content (AvgIpc) is 2.41. The Bertz CT molecular complexity index is 558. The molecule has 0 unspecified atom stereocenters. The van der Waals surface area contributed by atoms with E-state index in [2.05, 4.69) is 4.98 Å². The van der Waals surface area contributed by atoms with Crippen molar-refractivity contribution in [3.8, 4) is 23.0 Å². The van der Waals surface area contributed by atoms with E-state index in [4.69, 9.17) is 19.9 Å². The summed E-state index contributed by atoms with van der Waals surface area (Å²) < 4.78 is 16.6. The standard InChI is InChI=1S/C13H12N2O3/c14-10-6-12-13(17-5-4-16-12)7-11(10)18-9-2-1-3-15-8-9/h1-3,6-8H,4-5,14H2. The van der Waals surface area contributed by atoms with Crippen LogP contribution < -0.4 is 19.9 Å². The van der Waals surface area contributed by atoms with E-state index < -0.39 is 0 Å². The van der Waals surface area contributed by atoms with Gasteiger partial charge in [0, 0.05) is 18.3 Å². The van der Waals surface area contributed by atoms with Crippen LogP contribution in [0.25, 0.3) is 0 Å². The minimum atomic E-state index is 0.503. The lowest BCUT2D eigenvalue weighted by molar-refractivity contribution is 0.171. The minimum Gasteiger partial charge on any atom is -0.486 e. The van der Waals surface area contributed by atoms with E-state index in [0.717, 1.165) is 0 Å². The summed E-state index contributed by atoms with van der Waals surface area (Å²) in [5.41, 5.74) is 6.41. The van der Waals surface area contributed by atoms with Crippen LogP contribution in [-0.2, 0) is 0 Å². The topological polar surface area (TPSA) is 66.6 Å². The first-order valence-electron chi connectivity index (χ1n) is 5.60. The van der Waals surface area contributed by atoms with Crippen LogP contribution in [0.1, 0.15) is 0 Å². The van der Waals surface area contributed by atoms with Crippen molar-refractivity contribution in [1.82, 2.24) is 4.98 Å². The van der Waals surface area contributed by atoms with Gasteiger partial charge in [-0.05, 0) is 12.1 Å². The molecule has 18 heavy (non-hydrogen) atoms. The third-order valence-corrected chi connectivity index (χ3v) is 2.54. The van der Waals surface area contributed by atoms with Gasteiger partial charge in [0.05, 0.1) is 11.9 Å². The van der Waals surface area contributed by atoms with Crippen LogP contribution in [0.3, 0.4) is 0 Å². The number of nitrogen functional groups attached to an aromatic ring is 1. The van der Waals surface area contributed by atoms with E-state index in [9.17, 15) is 0 Å². The molecule has 5 nitrogen and oxygen atoms in total. The number of hydrogen-bond donors (Lipinski definition) is 1. The van der Waals surface area contributed by atoms with Gasteiger partial charge in [-0.15, -0.1) is 0 Å². The summed E-state index contributed by atoms with van der Waals surface area (Å²) >= 11 is 0. The first-order valence-corrected chi connectivity index (χ1v) is 5.60. The van der Waals surface area contributed by atoms with E-state index in [0.29, 0.717) is 41.9 Å². The normalized spacial score (nSPS) is 13.1. The van der Waals surface area contributed by atoms with Crippen molar-refractivity contribution >= 4 is 5.69 Å². The van der Waals surface area contributed by atoms with Crippen molar-refractivity contribution in [2.75, 3.05) is 18.9 Å². The first-order chi connectivity index (χ1) is 8.83. The predicted octanol–water partition coefficient (Wildman–Crippen LogP) is 2.23. The number of nitrogens with two attached hydrogens (primary N) is 1. The number of nitrogens with zero attached hydrogens (tertiary/aromatic N) is 1. The van der Waals surface area contributed by atoms with Crippen molar-refractivity contribution in [1.29, 1.82) is 0 Å². The maximum atomic E-state index is 5.91. The Morgan fingerprint density at radius 3 is 2.67 bits per heavy atom. The highest BCUT2D eigenvalue weighted by Gasteiger charge is 2.15. The largest absolute Gasteiger partial charge is 0.486 e. The second-order valence-corrected chi connectivity index (χ2v) is 3.82. The summed E-state index contributed by atoms with van der Waals surface area (Å²) in [6.07, 6.45) is 3.30. The second-order valence-electron chi connectivity index (χ2n) is 3.82. The maximum absolute atomic E-state index is 5.91. The van der Waals surface area contributed by atoms with Gasteiger partial charge in [-0.1, -0.05) is 0 Å². The number of fused-ring (bicyclic) bond motifs is 1. The molecule has 0 fully saturated rings. The van der Waals surface area contributed by atoms with Crippen LogP contribution in [0.15, 0.2) is 36.7 Å². The second kappa shape index (κ2) is 4.44. The number of rotatable bonds is 2. The fourth-order valence-corrected chi connectivity index (χ4v) is 1.71. The van der Waals surface area contributed by atoms with Gasteiger partial charge in [0.1, 0.15) is 19.0 Å². The van der Waals surface area contributed by atoms with Gasteiger partial charge in [0.15, 0.2) is 17.2 Å². The quantitative estimate of drug-likeness (QED) is 0.820. The van der Waals surface area contributed by atoms with Gasteiger partial charge in [0.2, 0.25) is 0 Å². The van der Waals surface area contributed by atoms with Crippen LogP contribution in [0, 0.1) is 0 Å². The molecule has 5 heteroatoms. The Labute approximate surface area is 104 Å². The van der Waals surface area contributed by atoms with E-state index in [1.54, 1.807) is 30.6 Å². The Kier molecular flexibility index (Phi) is 2.64. The van der Waals surface area contributed by atoms with Crippen molar-refractivity contribution in [2.45, 2.75) is 0 Å². The molecule has 2 aromatic rings. The molecule has 1 aliphatic heterocycles. The highest BCUT2D eigenvalue weighted by atomic mass is 16.6. The van der Waals surface area contributed by atoms with Crippen LogP contribution in [0.2, 0.25) is 0 Å². The number of anilines is 1. The predicted molar refractivity (Wildman–Crippen MR) is 66.2 cm³/mol. The average molecular weight is 244 g/mol. The lowest BCUT2D eigenvalue weighted by Crippen LogP contribution is -2.15. The summed E-state index contributed by atoms with van der Waals surface area (Å²) in [4.78, 5) is 3.98. The van der Waals surface area contributed by atoms with Crippen LogP contribution >= 0.6 is 0 Å². The van der Waals surface area contributed by atoms with Crippen LogP contribution in [0.5, 0.6) is 23.0 Å². The lowest BCUT2D eigenvalue weighted by Gasteiger charge is -2.20. The highest BCUT2D eigenvalue weighted by molar-refractivity contribution is 5.63. The molecule has 0 amide bonds. The summed E-state index contributed by atoms with van der Waals surface area (Å²) in [5.74, 6) is 2.46. The Morgan fingerprint density at radius 1 is 1.17 bits per heavy atom. The van der Waals surface area contributed by atoms with Gasteiger partial charge >= 0.3 is 0 Å². The van der Waals surface area contributed by atoms with Crippen LogP contribution in [-0.4, -0.2) is 18.2 Å². The molecule has 92 valence electrons. The summed E-state index contributed by atoms with van der Waals surface area (Å²) in [6.45, 7) is 1.07. The van der Waals surface area contributed by atoms with Crippen molar-refractivity contribution in [2.24, 2.45) is 0 Å². The van der Waals surface area contributed by atoms with Gasteiger partial charge in [-0.25, -0.2) is 0 Å². The molecule has 0 saturated heterocycles. The van der Waals surface area contributed by atoms with Crippen LogP contribution in [0.4, 0.5) is 5.69 Å². The molecule has 2 N–H and O–H groups in total. The number of ether oxygens (including phenoxy) is 3. The van der Waals surface area contributed by atoms with E-state index in [1.807, 2.05) is 6.07 Å². The molecule has 0 spiro atoms. The molecule has 1 aliphatic rings. The number of hydrogen-bond acceptors (Lipinski definition) is 5. The van der Waals surface area contributed by atoms with Gasteiger partial charge < -0.3 is 19.9 Å². The van der Waals surface area contributed by atoms with Crippen molar-refractivity contribution in [3.63, 3.8) is 0 Å². The SMILES string of the molecule is Nc1cc2c(cc1Oc1cccnc1)OCCO2. The van der Waals surface area contributed by atoms with Gasteiger partial charge in [-0.3, -0.25) is 4.98 Å². The summed E-state index contributed by atoms with van der Waals surface area (Å²) in [6, 6.07) is 7.05. The summed E-state index contributed by atoms with van der Waals surface area (Å²) in [7, 11) is 0. The van der Waals surface area contributed by atoms with Crippen molar-refractivity contribution < 1.29 is 14.2 Å². The number of benzene rings is 1. The molecule has 3 rings (SSSR count). The lowest BCUT2D eigenvalue weighted by atomic mass is 10.2. The third kappa shape index (κ3) is 2.02. The van der Waals surface area contributed by atoms with Crippen molar-refractivity contribution in [3.05, 3.63) is 36.7 Å². The molecule has 1 aromatic heterocycles. The number of pyridine rings is 1. The van der Waals surface area contributed by atoms with E-state index in [1.165, 1.54) is 0 Å². The first kappa shape index (κ1) is 10.7. The smallest absolute Gasteiger partial charge is 0.165 e. The zero-order valence-electron chi connectivity index (χ0n) is 9.63. The Morgan fingerprint density at radius 2 is 1.94 bits per heavy atom. The van der Waals surface area contributed by atoms with Gasteiger partial charge in [-0.2, -0.15) is 0 Å². The number of aromatic nitrogens is 1. The molecule has 1 aromatic carbocycles.